The number of methoxy groups -OCH3 is 1. The minimum Gasteiger partial charge on any atom is -0.496 e. The second kappa shape index (κ2) is 12.7. The fraction of sp³-hybridized carbons (Fsp3) is 0.586. The summed E-state index contributed by atoms with van der Waals surface area (Å²) in [6.45, 7) is 0.405. The second-order valence-electron chi connectivity index (χ2n) is 11.6. The predicted octanol–water partition coefficient (Wildman–Crippen LogP) is 3.04. The van der Waals surface area contributed by atoms with Crippen molar-refractivity contribution in [2.75, 3.05) is 33.7 Å². The molecule has 3 aliphatic rings. The molecule has 0 bridgehead atoms. The van der Waals surface area contributed by atoms with Gasteiger partial charge in [0.05, 0.1) is 13.2 Å². The van der Waals surface area contributed by atoms with Crippen molar-refractivity contribution in [2.24, 2.45) is 17.8 Å². The molecule has 2 saturated carbocycles. The van der Waals surface area contributed by atoms with Crippen LogP contribution in [0.4, 0.5) is 0 Å². The van der Waals surface area contributed by atoms with Crippen molar-refractivity contribution < 1.29 is 42.6 Å². The Hall–Kier alpha value is -3.05. The van der Waals surface area contributed by atoms with Crippen LogP contribution >= 0.6 is 7.60 Å². The molecule has 1 unspecified atom stereocenters. The van der Waals surface area contributed by atoms with Crippen LogP contribution in [-0.4, -0.2) is 84.0 Å². The van der Waals surface area contributed by atoms with Crippen molar-refractivity contribution in [1.29, 1.82) is 0 Å². The Morgan fingerprint density at radius 2 is 2.02 bits per heavy atom. The molecular weight excluding hydrogens is 565 g/mol. The molecule has 1 aromatic carbocycles. The van der Waals surface area contributed by atoms with E-state index in [-0.39, 0.29) is 35.9 Å². The lowest BCUT2D eigenvalue weighted by molar-refractivity contribution is -0.135. The average Bonchev–Trinajstić information content (AvgIpc) is 3.73. The van der Waals surface area contributed by atoms with Gasteiger partial charge in [-0.05, 0) is 62.1 Å². The van der Waals surface area contributed by atoms with Gasteiger partial charge in [0.15, 0.2) is 12.6 Å². The Kier molecular flexibility index (Phi) is 9.17. The number of hydrogen-bond donors (Lipinski definition) is 3. The van der Waals surface area contributed by atoms with Crippen molar-refractivity contribution in [3.8, 4) is 5.75 Å². The molecule has 12 nitrogen and oxygen atoms in total. The number of carbonyl (C=O) groups excluding carboxylic acids is 4. The highest BCUT2D eigenvalue weighted by Gasteiger charge is 2.50. The van der Waals surface area contributed by atoms with Crippen molar-refractivity contribution in [3.63, 3.8) is 0 Å². The van der Waals surface area contributed by atoms with E-state index in [1.54, 1.807) is 18.1 Å². The molecule has 3 fully saturated rings. The number of Topliss-reactive ketones (excluding diaryl/α,β-unsaturated/α-hetero) is 2. The van der Waals surface area contributed by atoms with Gasteiger partial charge >= 0.3 is 7.60 Å². The number of carbonyl (C=O) groups is 4. The molecule has 0 spiro atoms. The molecule has 228 valence electrons. The first-order chi connectivity index (χ1) is 20.1. The Morgan fingerprint density at radius 3 is 2.74 bits per heavy atom. The first-order valence-corrected chi connectivity index (χ1v) is 16.4. The summed E-state index contributed by atoms with van der Waals surface area (Å²) in [5, 5.41) is 3.63. The normalized spacial score (nSPS) is 25.8. The van der Waals surface area contributed by atoms with Crippen LogP contribution in [0.25, 0.3) is 10.9 Å². The number of nitrogens with one attached hydrogen (secondary N) is 2. The number of aromatic amines is 1. The number of nitrogens with zero attached hydrogens (tertiary/aromatic N) is 1. The Balaban J connectivity index is 1.34. The number of likely N-dealkylation sites (tertiary alicyclic amines) is 1. The summed E-state index contributed by atoms with van der Waals surface area (Å²) in [4.78, 5) is 67.4. The summed E-state index contributed by atoms with van der Waals surface area (Å²) in [6.07, 6.45) is 4.61. The maximum Gasteiger partial charge on any atom is 0.327 e. The molecule has 5 rings (SSSR count). The summed E-state index contributed by atoms with van der Waals surface area (Å²) in [5.41, 5.74) is 1.09. The zero-order chi connectivity index (χ0) is 30.0. The topological polar surface area (TPSA) is 164 Å². The number of H-pyrrole nitrogens is 1. The van der Waals surface area contributed by atoms with E-state index in [1.165, 1.54) is 0 Å². The van der Waals surface area contributed by atoms with Crippen LogP contribution in [0.15, 0.2) is 24.3 Å². The fourth-order valence-corrected chi connectivity index (χ4v) is 7.02. The lowest BCUT2D eigenvalue weighted by Crippen LogP contribution is -2.53. The Labute approximate surface area is 244 Å². The zero-order valence-electron chi connectivity index (χ0n) is 23.9. The number of benzene rings is 1. The van der Waals surface area contributed by atoms with Crippen LogP contribution in [0.5, 0.6) is 5.75 Å². The lowest BCUT2D eigenvalue weighted by Gasteiger charge is -2.29. The van der Waals surface area contributed by atoms with Crippen molar-refractivity contribution in [3.05, 3.63) is 30.0 Å². The molecular formula is C29H38N3O9P. The van der Waals surface area contributed by atoms with Gasteiger partial charge in [0.1, 0.15) is 29.9 Å². The second-order valence-corrected chi connectivity index (χ2v) is 13.4. The van der Waals surface area contributed by atoms with Gasteiger partial charge < -0.3 is 29.6 Å². The molecule has 1 aliphatic heterocycles. The van der Waals surface area contributed by atoms with Crippen LogP contribution in [0.2, 0.25) is 0 Å². The van der Waals surface area contributed by atoms with E-state index in [1.807, 2.05) is 18.2 Å². The molecule has 2 amide bonds. The standard InChI is InChI=1S/C29H38N3O9P/c1-39-26-11-5-9-21-20(26)13-23(30-21)29(36)32-14-18-7-3-8-19(18)27(32)28(35)31-22(12-17-6-4-10-24(17)33)25(34)15-40-16-41-42(2,37)38/h5,9,11,13,17-19,22,27,30H,3-4,6-8,10,12,14-16H2,1-2H3,(H,31,35)(H,37,38)/t17-,18-,19-,22-,27-/m0/s1. The van der Waals surface area contributed by atoms with E-state index in [0.29, 0.717) is 30.8 Å². The fourth-order valence-electron chi connectivity index (χ4n) is 6.75. The number of fused-ring (bicyclic) bond motifs is 2. The third-order valence-corrected chi connectivity index (χ3v) is 9.36. The zero-order valence-corrected chi connectivity index (χ0v) is 24.8. The minimum atomic E-state index is -3.78. The van der Waals surface area contributed by atoms with Gasteiger partial charge in [-0.3, -0.25) is 28.3 Å². The van der Waals surface area contributed by atoms with E-state index in [2.05, 4.69) is 14.8 Å². The van der Waals surface area contributed by atoms with Gasteiger partial charge in [0.25, 0.3) is 5.91 Å². The predicted molar refractivity (Wildman–Crippen MR) is 152 cm³/mol. The summed E-state index contributed by atoms with van der Waals surface area (Å²) in [6, 6.07) is 5.45. The summed E-state index contributed by atoms with van der Waals surface area (Å²) in [7, 11) is -2.22. The largest absolute Gasteiger partial charge is 0.496 e. The molecule has 42 heavy (non-hydrogen) atoms. The number of ketones is 2. The number of amides is 2. The number of aromatic nitrogens is 1. The van der Waals surface area contributed by atoms with Crippen molar-refractivity contribution in [1.82, 2.24) is 15.2 Å². The Morgan fingerprint density at radius 1 is 1.21 bits per heavy atom. The van der Waals surface area contributed by atoms with Crippen molar-refractivity contribution >= 4 is 41.9 Å². The van der Waals surface area contributed by atoms with E-state index >= 15 is 0 Å². The highest BCUT2D eigenvalue weighted by atomic mass is 31.2. The molecule has 2 aliphatic carbocycles. The molecule has 6 atom stereocenters. The smallest absolute Gasteiger partial charge is 0.327 e. The molecule has 2 aromatic rings. The molecule has 1 saturated heterocycles. The van der Waals surface area contributed by atoms with Crippen LogP contribution in [0, 0.1) is 17.8 Å². The minimum absolute atomic E-state index is 0.0374. The van der Waals surface area contributed by atoms with Crippen LogP contribution < -0.4 is 10.1 Å². The quantitative estimate of drug-likeness (QED) is 0.188. The lowest BCUT2D eigenvalue weighted by atomic mass is 9.91. The van der Waals surface area contributed by atoms with E-state index in [0.717, 1.165) is 43.3 Å². The van der Waals surface area contributed by atoms with Gasteiger partial charge in [0.2, 0.25) is 5.91 Å². The van der Waals surface area contributed by atoms with E-state index in [9.17, 15) is 28.6 Å². The summed E-state index contributed by atoms with van der Waals surface area (Å²) >= 11 is 0. The van der Waals surface area contributed by atoms with Gasteiger partial charge in [0, 0.05) is 36.5 Å². The van der Waals surface area contributed by atoms with Crippen LogP contribution in [-0.2, 0) is 28.2 Å². The third-order valence-electron chi connectivity index (χ3n) is 8.77. The van der Waals surface area contributed by atoms with Gasteiger partial charge in [-0.15, -0.1) is 0 Å². The highest BCUT2D eigenvalue weighted by molar-refractivity contribution is 7.51. The number of rotatable bonds is 12. The SMILES string of the molecule is COc1cccc2[nH]c(C(=O)N3C[C@@H]4CCC[C@@H]4[C@H]3C(=O)N[C@@H](C[C@@H]3CCCC3=O)C(=O)COCOP(C)(=O)O)cc12. The van der Waals surface area contributed by atoms with Crippen LogP contribution in [0.3, 0.4) is 0 Å². The van der Waals surface area contributed by atoms with E-state index < -0.39 is 44.8 Å². The molecule has 13 heteroatoms. The van der Waals surface area contributed by atoms with Gasteiger partial charge in [-0.1, -0.05) is 12.5 Å². The first-order valence-electron chi connectivity index (χ1n) is 14.4. The molecule has 2 heterocycles. The maximum atomic E-state index is 13.9. The van der Waals surface area contributed by atoms with Gasteiger partial charge in [-0.2, -0.15) is 0 Å². The monoisotopic (exact) mass is 603 g/mol. The number of hydrogen-bond acceptors (Lipinski definition) is 8. The Bertz CT molecular complexity index is 1400. The highest BCUT2D eigenvalue weighted by Crippen LogP contribution is 2.43. The summed E-state index contributed by atoms with van der Waals surface area (Å²) in [5.74, 6) is -0.733. The molecule has 1 aromatic heterocycles. The maximum absolute atomic E-state index is 13.9. The summed E-state index contributed by atoms with van der Waals surface area (Å²) < 4.78 is 26.6. The average molecular weight is 604 g/mol. The van der Waals surface area contributed by atoms with Crippen molar-refractivity contribution in [2.45, 2.75) is 57.0 Å². The van der Waals surface area contributed by atoms with Crippen LogP contribution in [0.1, 0.15) is 55.4 Å². The first kappa shape index (κ1) is 30.4. The number of ether oxygens (including phenoxy) is 2. The van der Waals surface area contributed by atoms with E-state index in [4.69, 9.17) is 9.47 Å². The van der Waals surface area contributed by atoms with Gasteiger partial charge in [-0.25, -0.2) is 0 Å². The molecule has 0 radical (unpaired) electrons. The molecule has 3 N–H and O–H groups in total. The third kappa shape index (κ3) is 6.62.